The monoisotopic (exact) mass is 355 g/mol. The van der Waals surface area contributed by atoms with Gasteiger partial charge in [0.2, 0.25) is 5.91 Å². The molecule has 1 N–H and O–H groups in total. The van der Waals surface area contributed by atoms with E-state index in [-0.39, 0.29) is 30.6 Å². The van der Waals surface area contributed by atoms with E-state index in [1.165, 1.54) is 0 Å². The minimum Gasteiger partial charge on any atom is -0.493 e. The maximum Gasteiger partial charge on any atom is 0.220 e. The molecule has 1 atom stereocenters. The zero-order valence-electron chi connectivity index (χ0n) is 15.7. The largest absolute Gasteiger partial charge is 0.493 e. The summed E-state index contributed by atoms with van der Waals surface area (Å²) in [5.74, 6) is 1.06. The summed E-state index contributed by atoms with van der Waals surface area (Å²) in [5.41, 5.74) is 2.64. The van der Waals surface area contributed by atoms with Crippen LogP contribution in [0.4, 0.5) is 0 Å². The number of carbonyl (C=O) groups excluding carboxylic acids is 2. The van der Waals surface area contributed by atoms with E-state index in [0.717, 1.165) is 11.1 Å². The fourth-order valence-electron chi connectivity index (χ4n) is 2.63. The van der Waals surface area contributed by atoms with Crippen LogP contribution in [0.2, 0.25) is 0 Å². The van der Waals surface area contributed by atoms with Crippen molar-refractivity contribution < 1.29 is 19.1 Å². The van der Waals surface area contributed by atoms with E-state index in [2.05, 4.69) is 5.32 Å². The van der Waals surface area contributed by atoms with Gasteiger partial charge in [-0.25, -0.2) is 0 Å². The number of ketones is 1. The molecule has 1 amide bonds. The lowest BCUT2D eigenvalue weighted by Gasteiger charge is -2.16. The first-order chi connectivity index (χ1) is 12.4. The highest BCUT2D eigenvalue weighted by molar-refractivity contribution is 5.98. The Kier molecular flexibility index (Phi) is 6.78. The third-order valence-electron chi connectivity index (χ3n) is 4.24. The molecule has 2 aromatic carbocycles. The summed E-state index contributed by atoms with van der Waals surface area (Å²) in [6.07, 6.45) is 0.345. The molecule has 0 bridgehead atoms. The van der Waals surface area contributed by atoms with E-state index in [4.69, 9.17) is 9.47 Å². The molecule has 5 heteroatoms. The van der Waals surface area contributed by atoms with Gasteiger partial charge in [-0.3, -0.25) is 9.59 Å². The van der Waals surface area contributed by atoms with Crippen molar-refractivity contribution in [3.63, 3.8) is 0 Å². The van der Waals surface area contributed by atoms with Crippen molar-refractivity contribution in [2.75, 3.05) is 14.2 Å². The average Bonchev–Trinajstić information content (AvgIpc) is 2.65. The van der Waals surface area contributed by atoms with Crippen molar-refractivity contribution >= 4 is 11.7 Å². The standard InChI is InChI=1S/C21H25NO4/c1-14-5-7-16(8-6-14)18(23)10-12-21(24)22-15(2)17-9-11-19(25-3)20(13-17)26-4/h5-9,11,13,15H,10,12H2,1-4H3,(H,22,24). The minimum absolute atomic E-state index is 0.0288. The van der Waals surface area contributed by atoms with Crippen molar-refractivity contribution in [1.29, 1.82) is 0 Å². The molecular weight excluding hydrogens is 330 g/mol. The molecule has 26 heavy (non-hydrogen) atoms. The number of ether oxygens (including phenoxy) is 2. The van der Waals surface area contributed by atoms with Crippen LogP contribution >= 0.6 is 0 Å². The highest BCUT2D eigenvalue weighted by Crippen LogP contribution is 2.29. The summed E-state index contributed by atoms with van der Waals surface area (Å²) in [5, 5.41) is 2.91. The predicted octanol–water partition coefficient (Wildman–Crippen LogP) is 3.85. The Morgan fingerprint density at radius 1 is 0.962 bits per heavy atom. The molecule has 0 radical (unpaired) electrons. The number of hydrogen-bond donors (Lipinski definition) is 1. The van der Waals surface area contributed by atoms with E-state index in [9.17, 15) is 9.59 Å². The molecule has 0 aliphatic carbocycles. The van der Waals surface area contributed by atoms with Crippen LogP contribution in [0.5, 0.6) is 11.5 Å². The van der Waals surface area contributed by atoms with Crippen LogP contribution in [0.25, 0.3) is 0 Å². The normalized spacial score (nSPS) is 11.5. The number of methoxy groups -OCH3 is 2. The lowest BCUT2D eigenvalue weighted by atomic mass is 10.0. The summed E-state index contributed by atoms with van der Waals surface area (Å²) in [6.45, 7) is 3.86. The molecular formula is C21H25NO4. The number of nitrogens with one attached hydrogen (secondary N) is 1. The second-order valence-electron chi connectivity index (χ2n) is 6.19. The molecule has 0 aliphatic rings. The molecule has 0 spiro atoms. The minimum atomic E-state index is -0.197. The third kappa shape index (κ3) is 5.09. The highest BCUT2D eigenvalue weighted by atomic mass is 16.5. The topological polar surface area (TPSA) is 64.6 Å². The smallest absolute Gasteiger partial charge is 0.220 e. The van der Waals surface area contributed by atoms with Crippen LogP contribution in [0, 0.1) is 6.92 Å². The van der Waals surface area contributed by atoms with Gasteiger partial charge in [-0.1, -0.05) is 35.9 Å². The van der Waals surface area contributed by atoms with Gasteiger partial charge < -0.3 is 14.8 Å². The Labute approximate surface area is 154 Å². The number of carbonyl (C=O) groups is 2. The second kappa shape index (κ2) is 9.04. The summed E-state index contributed by atoms with van der Waals surface area (Å²) < 4.78 is 10.5. The summed E-state index contributed by atoms with van der Waals surface area (Å²) in [4.78, 5) is 24.3. The molecule has 0 saturated heterocycles. The number of benzene rings is 2. The quantitative estimate of drug-likeness (QED) is 0.731. The molecule has 0 saturated carbocycles. The summed E-state index contributed by atoms with van der Waals surface area (Å²) in [7, 11) is 3.15. The SMILES string of the molecule is COc1ccc(C(C)NC(=O)CCC(=O)c2ccc(C)cc2)cc1OC. The van der Waals surface area contributed by atoms with E-state index < -0.39 is 0 Å². The number of rotatable bonds is 8. The Bertz CT molecular complexity index is 768. The number of Topliss-reactive ketones (excluding diaryl/α,β-unsaturated/α-hetero) is 1. The highest BCUT2D eigenvalue weighted by Gasteiger charge is 2.14. The number of aryl methyl sites for hydroxylation is 1. The maximum absolute atomic E-state index is 12.2. The molecule has 138 valence electrons. The Morgan fingerprint density at radius 3 is 2.23 bits per heavy atom. The van der Waals surface area contributed by atoms with E-state index in [1.54, 1.807) is 32.4 Å². The molecule has 2 rings (SSSR count). The Balaban J connectivity index is 1.90. The van der Waals surface area contributed by atoms with Gasteiger partial charge in [-0.15, -0.1) is 0 Å². The first-order valence-corrected chi connectivity index (χ1v) is 8.55. The average molecular weight is 355 g/mol. The van der Waals surface area contributed by atoms with Crippen molar-refractivity contribution in [3.8, 4) is 11.5 Å². The molecule has 2 aromatic rings. The van der Waals surface area contributed by atoms with Crippen LogP contribution in [0.1, 0.15) is 47.3 Å². The van der Waals surface area contributed by atoms with Crippen molar-refractivity contribution in [3.05, 3.63) is 59.2 Å². The van der Waals surface area contributed by atoms with E-state index in [0.29, 0.717) is 17.1 Å². The third-order valence-corrected chi connectivity index (χ3v) is 4.24. The first-order valence-electron chi connectivity index (χ1n) is 8.55. The Morgan fingerprint density at radius 2 is 1.62 bits per heavy atom. The van der Waals surface area contributed by atoms with Crippen molar-refractivity contribution in [1.82, 2.24) is 5.32 Å². The van der Waals surface area contributed by atoms with Crippen LogP contribution in [0.3, 0.4) is 0 Å². The fraction of sp³-hybridized carbons (Fsp3) is 0.333. The Hall–Kier alpha value is -2.82. The van der Waals surface area contributed by atoms with Gasteiger partial charge in [0.1, 0.15) is 0 Å². The van der Waals surface area contributed by atoms with Crippen molar-refractivity contribution in [2.45, 2.75) is 32.7 Å². The zero-order chi connectivity index (χ0) is 19.1. The fourth-order valence-corrected chi connectivity index (χ4v) is 2.63. The van der Waals surface area contributed by atoms with Gasteiger partial charge >= 0.3 is 0 Å². The number of amides is 1. The molecule has 0 aromatic heterocycles. The van der Waals surface area contributed by atoms with Gasteiger partial charge in [-0.05, 0) is 31.5 Å². The zero-order valence-corrected chi connectivity index (χ0v) is 15.7. The summed E-state index contributed by atoms with van der Waals surface area (Å²) >= 11 is 0. The van der Waals surface area contributed by atoms with Crippen LogP contribution in [-0.2, 0) is 4.79 Å². The first kappa shape index (κ1) is 19.5. The van der Waals surface area contributed by atoms with Gasteiger partial charge in [0.15, 0.2) is 17.3 Å². The van der Waals surface area contributed by atoms with E-state index in [1.807, 2.05) is 38.1 Å². The predicted molar refractivity (Wildman–Crippen MR) is 101 cm³/mol. The van der Waals surface area contributed by atoms with Gasteiger partial charge in [-0.2, -0.15) is 0 Å². The molecule has 0 heterocycles. The van der Waals surface area contributed by atoms with Gasteiger partial charge in [0, 0.05) is 18.4 Å². The number of hydrogen-bond acceptors (Lipinski definition) is 4. The van der Waals surface area contributed by atoms with Gasteiger partial charge in [0.05, 0.1) is 20.3 Å². The van der Waals surface area contributed by atoms with E-state index >= 15 is 0 Å². The van der Waals surface area contributed by atoms with Crippen LogP contribution in [0.15, 0.2) is 42.5 Å². The molecule has 0 fully saturated rings. The summed E-state index contributed by atoms with van der Waals surface area (Å²) in [6, 6.07) is 12.7. The van der Waals surface area contributed by atoms with Crippen molar-refractivity contribution in [2.24, 2.45) is 0 Å². The molecule has 0 aliphatic heterocycles. The lowest BCUT2D eigenvalue weighted by Crippen LogP contribution is -2.27. The van der Waals surface area contributed by atoms with Crippen LogP contribution in [-0.4, -0.2) is 25.9 Å². The second-order valence-corrected chi connectivity index (χ2v) is 6.19. The maximum atomic E-state index is 12.2. The van der Waals surface area contributed by atoms with Crippen LogP contribution < -0.4 is 14.8 Å². The molecule has 1 unspecified atom stereocenters. The van der Waals surface area contributed by atoms with Gasteiger partial charge in [0.25, 0.3) is 0 Å². The molecule has 5 nitrogen and oxygen atoms in total. The lowest BCUT2D eigenvalue weighted by molar-refractivity contribution is -0.121.